The molecule has 0 aromatic carbocycles. The number of nitrogens with zero attached hydrogens (tertiary/aromatic N) is 1. The molecule has 16 heavy (non-hydrogen) atoms. The van der Waals surface area contributed by atoms with Gasteiger partial charge < -0.3 is 14.6 Å². The van der Waals surface area contributed by atoms with Gasteiger partial charge in [0.25, 0.3) is 0 Å². The van der Waals surface area contributed by atoms with Crippen molar-refractivity contribution in [3.63, 3.8) is 0 Å². The zero-order valence-electron chi connectivity index (χ0n) is 9.61. The predicted octanol–water partition coefficient (Wildman–Crippen LogP) is 1.24. The Morgan fingerprint density at radius 1 is 1.69 bits per heavy atom. The van der Waals surface area contributed by atoms with Crippen molar-refractivity contribution in [1.82, 2.24) is 10.2 Å². The number of rotatable bonds is 3. The Kier molecular flexibility index (Phi) is 3.62. The molecule has 1 aliphatic heterocycles. The second-order valence-electron chi connectivity index (χ2n) is 4.32. The number of carbonyl (C=O) groups is 1. The third-order valence-corrected chi connectivity index (χ3v) is 3.00. The van der Waals surface area contributed by atoms with Crippen LogP contribution >= 0.6 is 0 Å². The van der Waals surface area contributed by atoms with Crippen molar-refractivity contribution in [2.45, 2.75) is 19.4 Å². The van der Waals surface area contributed by atoms with Crippen molar-refractivity contribution in [2.75, 3.05) is 20.1 Å². The van der Waals surface area contributed by atoms with Crippen LogP contribution in [0.15, 0.2) is 22.8 Å². The lowest BCUT2D eigenvalue weighted by molar-refractivity contribution is -0.135. The van der Waals surface area contributed by atoms with Gasteiger partial charge in [-0.15, -0.1) is 0 Å². The molecule has 1 aliphatic rings. The van der Waals surface area contributed by atoms with Crippen molar-refractivity contribution in [3.05, 3.63) is 24.2 Å². The molecular formula is C12H18N2O2. The van der Waals surface area contributed by atoms with Gasteiger partial charge in [0.2, 0.25) is 5.91 Å². The van der Waals surface area contributed by atoms with E-state index in [9.17, 15) is 4.79 Å². The standard InChI is InChI=1S/C12H18N2O2/c1-14(9-11-5-3-7-16-11)12(15)10-4-2-6-13-8-10/h3,5,7,10,13H,2,4,6,8-9H2,1H3. The number of hydrogen-bond acceptors (Lipinski definition) is 3. The zero-order valence-corrected chi connectivity index (χ0v) is 9.61. The van der Waals surface area contributed by atoms with E-state index in [0.29, 0.717) is 6.54 Å². The van der Waals surface area contributed by atoms with E-state index in [-0.39, 0.29) is 11.8 Å². The molecule has 1 N–H and O–H groups in total. The summed E-state index contributed by atoms with van der Waals surface area (Å²) < 4.78 is 5.23. The largest absolute Gasteiger partial charge is 0.467 e. The lowest BCUT2D eigenvalue weighted by Gasteiger charge is -2.26. The van der Waals surface area contributed by atoms with Crippen LogP contribution in [0.4, 0.5) is 0 Å². The smallest absolute Gasteiger partial charge is 0.227 e. The van der Waals surface area contributed by atoms with Gasteiger partial charge >= 0.3 is 0 Å². The van der Waals surface area contributed by atoms with E-state index in [2.05, 4.69) is 5.32 Å². The Labute approximate surface area is 95.6 Å². The quantitative estimate of drug-likeness (QED) is 0.837. The molecule has 1 atom stereocenters. The first-order chi connectivity index (χ1) is 7.77. The number of piperidine rings is 1. The minimum Gasteiger partial charge on any atom is -0.467 e. The lowest BCUT2D eigenvalue weighted by atomic mass is 9.98. The van der Waals surface area contributed by atoms with Gasteiger partial charge in [-0.05, 0) is 31.5 Å². The normalized spacial score (nSPS) is 20.7. The SMILES string of the molecule is CN(Cc1ccco1)C(=O)C1CCCNC1. The Morgan fingerprint density at radius 2 is 2.56 bits per heavy atom. The highest BCUT2D eigenvalue weighted by molar-refractivity contribution is 5.78. The Morgan fingerprint density at radius 3 is 3.19 bits per heavy atom. The number of furan rings is 1. The van der Waals surface area contributed by atoms with E-state index >= 15 is 0 Å². The van der Waals surface area contributed by atoms with Crippen LogP contribution < -0.4 is 5.32 Å². The van der Waals surface area contributed by atoms with Crippen LogP contribution in [-0.4, -0.2) is 30.9 Å². The van der Waals surface area contributed by atoms with Crippen LogP contribution in [0.3, 0.4) is 0 Å². The molecule has 0 spiro atoms. The van der Waals surface area contributed by atoms with Crippen LogP contribution in [0.2, 0.25) is 0 Å². The molecule has 1 aromatic rings. The van der Waals surface area contributed by atoms with E-state index in [4.69, 9.17) is 4.42 Å². The molecule has 88 valence electrons. The number of amides is 1. The summed E-state index contributed by atoms with van der Waals surface area (Å²) >= 11 is 0. The summed E-state index contributed by atoms with van der Waals surface area (Å²) in [6, 6.07) is 3.73. The molecule has 1 unspecified atom stereocenters. The first-order valence-electron chi connectivity index (χ1n) is 5.75. The molecule has 0 bridgehead atoms. The average molecular weight is 222 g/mol. The van der Waals surface area contributed by atoms with E-state index in [1.165, 1.54) is 0 Å². The first kappa shape index (κ1) is 11.2. The summed E-state index contributed by atoms with van der Waals surface area (Å²) in [7, 11) is 1.83. The highest BCUT2D eigenvalue weighted by Gasteiger charge is 2.24. The van der Waals surface area contributed by atoms with Gasteiger partial charge in [-0.25, -0.2) is 0 Å². The summed E-state index contributed by atoms with van der Waals surface area (Å²) in [4.78, 5) is 13.8. The fourth-order valence-electron chi connectivity index (χ4n) is 2.09. The second-order valence-corrected chi connectivity index (χ2v) is 4.32. The van der Waals surface area contributed by atoms with E-state index in [0.717, 1.165) is 31.7 Å². The third kappa shape index (κ3) is 2.64. The van der Waals surface area contributed by atoms with Crippen LogP contribution in [0, 0.1) is 5.92 Å². The van der Waals surface area contributed by atoms with Gasteiger partial charge in [0.1, 0.15) is 5.76 Å². The summed E-state index contributed by atoms with van der Waals surface area (Å²) in [6.07, 6.45) is 3.72. The molecular weight excluding hydrogens is 204 g/mol. The second kappa shape index (κ2) is 5.16. The van der Waals surface area contributed by atoms with E-state index < -0.39 is 0 Å². The average Bonchev–Trinajstić information content (AvgIpc) is 2.82. The highest BCUT2D eigenvalue weighted by atomic mass is 16.3. The van der Waals surface area contributed by atoms with E-state index in [1.54, 1.807) is 11.2 Å². The summed E-state index contributed by atoms with van der Waals surface area (Å²) in [5, 5.41) is 3.26. The van der Waals surface area contributed by atoms with Crippen molar-refractivity contribution >= 4 is 5.91 Å². The minimum absolute atomic E-state index is 0.133. The fourth-order valence-corrected chi connectivity index (χ4v) is 2.09. The minimum atomic E-state index is 0.133. The van der Waals surface area contributed by atoms with Crippen molar-refractivity contribution < 1.29 is 9.21 Å². The van der Waals surface area contributed by atoms with Gasteiger partial charge in [0, 0.05) is 13.6 Å². The Bertz CT molecular complexity index is 329. The molecule has 0 saturated carbocycles. The van der Waals surface area contributed by atoms with Crippen molar-refractivity contribution in [1.29, 1.82) is 0 Å². The topological polar surface area (TPSA) is 45.5 Å². The maximum atomic E-state index is 12.1. The summed E-state index contributed by atoms with van der Waals surface area (Å²) in [5.41, 5.74) is 0. The third-order valence-electron chi connectivity index (χ3n) is 3.00. The monoisotopic (exact) mass is 222 g/mol. The maximum absolute atomic E-state index is 12.1. The molecule has 1 fully saturated rings. The Balaban J connectivity index is 1.88. The molecule has 0 radical (unpaired) electrons. The van der Waals surface area contributed by atoms with Gasteiger partial charge in [0.15, 0.2) is 0 Å². The van der Waals surface area contributed by atoms with Crippen molar-refractivity contribution in [3.8, 4) is 0 Å². The van der Waals surface area contributed by atoms with Gasteiger partial charge in [0.05, 0.1) is 18.7 Å². The number of nitrogens with one attached hydrogen (secondary N) is 1. The molecule has 2 rings (SSSR count). The van der Waals surface area contributed by atoms with Gasteiger partial charge in [-0.2, -0.15) is 0 Å². The molecule has 2 heterocycles. The first-order valence-corrected chi connectivity index (χ1v) is 5.75. The van der Waals surface area contributed by atoms with Crippen molar-refractivity contribution in [2.24, 2.45) is 5.92 Å². The molecule has 4 nitrogen and oxygen atoms in total. The van der Waals surface area contributed by atoms with Crippen LogP contribution in [0.5, 0.6) is 0 Å². The van der Waals surface area contributed by atoms with Crippen LogP contribution in [0.1, 0.15) is 18.6 Å². The number of hydrogen-bond donors (Lipinski definition) is 1. The summed E-state index contributed by atoms with van der Waals surface area (Å²) in [5.74, 6) is 1.18. The predicted molar refractivity (Wildman–Crippen MR) is 60.8 cm³/mol. The van der Waals surface area contributed by atoms with Crippen LogP contribution in [0.25, 0.3) is 0 Å². The number of carbonyl (C=O) groups excluding carboxylic acids is 1. The van der Waals surface area contributed by atoms with Gasteiger partial charge in [-0.3, -0.25) is 4.79 Å². The molecule has 1 amide bonds. The maximum Gasteiger partial charge on any atom is 0.227 e. The zero-order chi connectivity index (χ0) is 11.4. The molecule has 0 aliphatic carbocycles. The molecule has 4 heteroatoms. The van der Waals surface area contributed by atoms with E-state index in [1.807, 2.05) is 19.2 Å². The lowest BCUT2D eigenvalue weighted by Crippen LogP contribution is -2.41. The highest BCUT2D eigenvalue weighted by Crippen LogP contribution is 2.14. The Hall–Kier alpha value is -1.29. The fraction of sp³-hybridized carbons (Fsp3) is 0.583. The molecule has 1 aromatic heterocycles. The molecule has 1 saturated heterocycles. The van der Waals surface area contributed by atoms with Gasteiger partial charge in [-0.1, -0.05) is 0 Å². The van der Waals surface area contributed by atoms with Crippen LogP contribution in [-0.2, 0) is 11.3 Å². The summed E-state index contributed by atoms with van der Waals surface area (Å²) in [6.45, 7) is 2.40.